The maximum atomic E-state index is 12.6. The molecule has 130 valence electrons. The zero-order chi connectivity index (χ0) is 17.5. The Bertz CT molecular complexity index is 634. The van der Waals surface area contributed by atoms with Crippen LogP contribution in [-0.4, -0.2) is 47.8 Å². The predicted octanol–water partition coefficient (Wildman–Crippen LogP) is 2.65. The Labute approximate surface area is 138 Å². The maximum Gasteiger partial charge on any atom is 0.416 e. The molecule has 2 amide bonds. The molecule has 2 atom stereocenters. The first-order valence-electron chi connectivity index (χ1n) is 8.02. The first-order chi connectivity index (χ1) is 11.3. The Hall–Kier alpha value is -2.05. The van der Waals surface area contributed by atoms with Gasteiger partial charge < -0.3 is 9.80 Å². The van der Waals surface area contributed by atoms with Crippen molar-refractivity contribution >= 4 is 11.8 Å². The minimum Gasteiger partial charge on any atom is -0.339 e. The Morgan fingerprint density at radius 2 is 1.50 bits per heavy atom. The second-order valence-corrected chi connectivity index (χ2v) is 6.51. The van der Waals surface area contributed by atoms with Gasteiger partial charge in [-0.2, -0.15) is 13.2 Å². The van der Waals surface area contributed by atoms with E-state index in [4.69, 9.17) is 0 Å². The smallest absolute Gasteiger partial charge is 0.339 e. The van der Waals surface area contributed by atoms with Crippen molar-refractivity contribution < 1.29 is 22.8 Å². The molecule has 1 aromatic rings. The number of benzene rings is 1. The summed E-state index contributed by atoms with van der Waals surface area (Å²) in [6, 6.07) is 4.24. The average Bonchev–Trinajstić information content (AvgIpc) is 3.30. The lowest BCUT2D eigenvalue weighted by Crippen LogP contribution is -2.51. The minimum absolute atomic E-state index is 0.127. The van der Waals surface area contributed by atoms with Crippen LogP contribution in [0, 0.1) is 11.8 Å². The van der Waals surface area contributed by atoms with Gasteiger partial charge in [-0.15, -0.1) is 0 Å². The summed E-state index contributed by atoms with van der Waals surface area (Å²) in [6.45, 7) is 3.83. The highest BCUT2D eigenvalue weighted by Crippen LogP contribution is 2.39. The highest BCUT2D eigenvalue weighted by Gasteiger charge is 2.42. The van der Waals surface area contributed by atoms with Crippen LogP contribution in [-0.2, 0) is 11.0 Å². The van der Waals surface area contributed by atoms with Crippen molar-refractivity contribution in [2.75, 3.05) is 26.2 Å². The number of halogens is 3. The van der Waals surface area contributed by atoms with Crippen molar-refractivity contribution in [1.82, 2.24) is 9.80 Å². The van der Waals surface area contributed by atoms with Crippen molar-refractivity contribution in [1.29, 1.82) is 0 Å². The molecule has 0 bridgehead atoms. The molecular weight excluding hydrogens is 321 g/mol. The summed E-state index contributed by atoms with van der Waals surface area (Å²) in [5.74, 6) is 0.436. The molecule has 1 aliphatic heterocycles. The van der Waals surface area contributed by atoms with E-state index in [9.17, 15) is 22.8 Å². The number of alkyl halides is 3. The highest BCUT2D eigenvalue weighted by molar-refractivity contribution is 5.94. The second kappa shape index (κ2) is 6.11. The van der Waals surface area contributed by atoms with Crippen LogP contribution in [0.1, 0.15) is 29.3 Å². The van der Waals surface area contributed by atoms with Gasteiger partial charge in [0.2, 0.25) is 5.91 Å². The Morgan fingerprint density at radius 1 is 1.00 bits per heavy atom. The summed E-state index contributed by atoms with van der Waals surface area (Å²) in [7, 11) is 0. The number of rotatable bonds is 2. The molecule has 0 spiro atoms. The third kappa shape index (κ3) is 3.39. The van der Waals surface area contributed by atoms with E-state index in [1.165, 1.54) is 12.1 Å². The third-order valence-electron chi connectivity index (χ3n) is 4.76. The number of piperazine rings is 1. The van der Waals surface area contributed by atoms with E-state index in [2.05, 4.69) is 0 Å². The fourth-order valence-corrected chi connectivity index (χ4v) is 3.01. The molecule has 24 heavy (non-hydrogen) atoms. The summed E-state index contributed by atoms with van der Waals surface area (Å²) < 4.78 is 37.7. The third-order valence-corrected chi connectivity index (χ3v) is 4.76. The molecule has 2 fully saturated rings. The monoisotopic (exact) mass is 340 g/mol. The summed E-state index contributed by atoms with van der Waals surface area (Å²) in [4.78, 5) is 27.9. The standard InChI is InChI=1S/C17H19F3N2O2/c1-11-10-14(11)16(24)22-8-6-21(7-9-22)15(23)12-2-4-13(5-3-12)17(18,19)20/h2-5,11,14H,6-10H2,1H3. The summed E-state index contributed by atoms with van der Waals surface area (Å²) in [5.41, 5.74) is -0.536. The second-order valence-electron chi connectivity index (χ2n) is 6.51. The quantitative estimate of drug-likeness (QED) is 0.830. The van der Waals surface area contributed by atoms with Gasteiger partial charge in [-0.25, -0.2) is 0 Å². The Kier molecular flexibility index (Phi) is 4.27. The van der Waals surface area contributed by atoms with Gasteiger partial charge in [0.15, 0.2) is 0 Å². The van der Waals surface area contributed by atoms with Gasteiger partial charge in [0.1, 0.15) is 0 Å². The van der Waals surface area contributed by atoms with Crippen LogP contribution < -0.4 is 0 Å². The van der Waals surface area contributed by atoms with Crippen LogP contribution in [0.2, 0.25) is 0 Å². The predicted molar refractivity (Wildman–Crippen MR) is 81.2 cm³/mol. The molecule has 1 aromatic carbocycles. The number of carbonyl (C=O) groups excluding carboxylic acids is 2. The van der Waals surface area contributed by atoms with Crippen molar-refractivity contribution in [3.05, 3.63) is 35.4 Å². The van der Waals surface area contributed by atoms with Crippen LogP contribution >= 0.6 is 0 Å². The summed E-state index contributed by atoms with van der Waals surface area (Å²) in [5, 5.41) is 0. The van der Waals surface area contributed by atoms with Gasteiger partial charge in [0, 0.05) is 37.7 Å². The van der Waals surface area contributed by atoms with Gasteiger partial charge >= 0.3 is 6.18 Å². The zero-order valence-corrected chi connectivity index (χ0v) is 13.3. The molecule has 0 N–H and O–H groups in total. The fraction of sp³-hybridized carbons (Fsp3) is 0.529. The maximum absolute atomic E-state index is 12.6. The molecule has 0 aromatic heterocycles. The van der Waals surface area contributed by atoms with E-state index in [0.717, 1.165) is 18.6 Å². The number of nitrogens with zero attached hydrogens (tertiary/aromatic N) is 2. The largest absolute Gasteiger partial charge is 0.416 e. The molecule has 1 saturated heterocycles. The molecule has 2 unspecified atom stereocenters. The molecule has 2 aliphatic rings. The van der Waals surface area contributed by atoms with Crippen molar-refractivity contribution in [3.8, 4) is 0 Å². The average molecular weight is 340 g/mol. The molecular formula is C17H19F3N2O2. The van der Waals surface area contributed by atoms with Gasteiger partial charge in [-0.05, 0) is 36.6 Å². The first kappa shape index (κ1) is 16.8. The van der Waals surface area contributed by atoms with Crippen LogP contribution in [0.25, 0.3) is 0 Å². The van der Waals surface area contributed by atoms with Gasteiger partial charge in [0.25, 0.3) is 5.91 Å². The van der Waals surface area contributed by atoms with Gasteiger partial charge in [0.05, 0.1) is 5.56 Å². The Morgan fingerprint density at radius 3 is 1.96 bits per heavy atom. The van der Waals surface area contributed by atoms with Gasteiger partial charge in [-0.1, -0.05) is 6.92 Å². The van der Waals surface area contributed by atoms with Crippen molar-refractivity contribution in [2.24, 2.45) is 11.8 Å². The van der Waals surface area contributed by atoms with Crippen LogP contribution in [0.4, 0.5) is 13.2 Å². The van der Waals surface area contributed by atoms with Crippen LogP contribution in [0.15, 0.2) is 24.3 Å². The van der Waals surface area contributed by atoms with Gasteiger partial charge in [-0.3, -0.25) is 9.59 Å². The Balaban J connectivity index is 1.58. The summed E-state index contributed by atoms with van der Waals surface area (Å²) >= 11 is 0. The molecule has 0 radical (unpaired) electrons. The molecule has 4 nitrogen and oxygen atoms in total. The molecule has 3 rings (SSSR count). The normalized spacial score (nSPS) is 24.0. The van der Waals surface area contributed by atoms with E-state index in [-0.39, 0.29) is 23.3 Å². The summed E-state index contributed by atoms with van der Waals surface area (Å²) in [6.07, 6.45) is -3.48. The van der Waals surface area contributed by atoms with Crippen molar-refractivity contribution in [3.63, 3.8) is 0 Å². The minimum atomic E-state index is -4.41. The fourth-order valence-electron chi connectivity index (χ4n) is 3.01. The molecule has 7 heteroatoms. The molecule has 1 aliphatic carbocycles. The topological polar surface area (TPSA) is 40.6 Å². The zero-order valence-electron chi connectivity index (χ0n) is 13.3. The van der Waals surface area contributed by atoms with Crippen molar-refractivity contribution in [2.45, 2.75) is 19.5 Å². The van der Waals surface area contributed by atoms with Crippen LogP contribution in [0.3, 0.4) is 0 Å². The van der Waals surface area contributed by atoms with E-state index in [1.807, 2.05) is 6.92 Å². The lowest BCUT2D eigenvalue weighted by molar-refractivity contribution is -0.137. The highest BCUT2D eigenvalue weighted by atomic mass is 19.4. The number of carbonyl (C=O) groups is 2. The molecule has 1 saturated carbocycles. The lowest BCUT2D eigenvalue weighted by Gasteiger charge is -2.35. The van der Waals surface area contributed by atoms with E-state index in [0.29, 0.717) is 32.1 Å². The van der Waals surface area contributed by atoms with E-state index in [1.54, 1.807) is 9.80 Å². The van der Waals surface area contributed by atoms with E-state index < -0.39 is 11.7 Å². The SMILES string of the molecule is CC1CC1C(=O)N1CCN(C(=O)c2ccc(C(F)(F)F)cc2)CC1. The molecule has 1 heterocycles. The lowest BCUT2D eigenvalue weighted by atomic mass is 10.1. The number of amides is 2. The number of hydrogen-bond donors (Lipinski definition) is 0. The van der Waals surface area contributed by atoms with Crippen LogP contribution in [0.5, 0.6) is 0 Å². The first-order valence-corrected chi connectivity index (χ1v) is 8.02. The van der Waals surface area contributed by atoms with E-state index >= 15 is 0 Å². The number of hydrogen-bond acceptors (Lipinski definition) is 2.